The van der Waals surface area contributed by atoms with Crippen LogP contribution in [0.3, 0.4) is 0 Å². The number of alkyl halides is 3. The quantitative estimate of drug-likeness (QED) is 0.207. The van der Waals surface area contributed by atoms with Crippen LogP contribution in [0.5, 0.6) is 0 Å². The van der Waals surface area contributed by atoms with Gasteiger partial charge in [0.15, 0.2) is 0 Å². The molecule has 2 aromatic rings. The lowest BCUT2D eigenvalue weighted by Gasteiger charge is -2.46. The molecule has 3 amide bonds. The molecule has 1 spiro atoms. The second-order valence-electron chi connectivity index (χ2n) is 27.5. The number of amides is 3. The first-order chi connectivity index (χ1) is 40.4. The minimum Gasteiger partial charge on any atom is -0.464 e. The average Bonchev–Trinajstić information content (AvgIpc) is 1.84. The standard InChI is InChI=1S/C62H88F3N11O8/c1-38(81-4)51-46(27-42(30-66-51)71-21-20-70-22-24-82-33-43(70)31-71)55-47-29-60(2,3)37-84-59(80)48-10-7-17-76(69-48)57(78)49(28-44-32-72(23-25-83-44)41-13-14-50(45(47)26-41)75(55)36-62(63,64)65)67-56(77)54(40-8-5-6-9-40)73-18-15-61(34-73)16-19-74(35-61)58(79)53-52(68-53)39-11-12-39/h13-14,26,30,38-40,42-44,48-49,52-54,68-69H,5-12,15-25,27-29,31-37H2,1-4H3,(H,67,77)/t38-,42+,43-,44-,48-,49-,52+,53+,54-,61-/m0/s1. The number of benzene rings is 1. The Morgan fingerprint density at radius 1 is 0.940 bits per heavy atom. The average molecular weight is 1170 g/mol. The third-order valence-corrected chi connectivity index (χ3v) is 20.9. The Labute approximate surface area is 491 Å². The number of aliphatic imine (C=N–C) groups is 1. The van der Waals surface area contributed by atoms with Crippen LogP contribution in [0.2, 0.25) is 0 Å². The Hall–Kier alpha value is -4.68. The number of likely N-dealkylation sites (tertiary alicyclic amines) is 2. The fourth-order valence-electron chi connectivity index (χ4n) is 16.2. The third-order valence-electron chi connectivity index (χ3n) is 20.9. The fraction of sp³-hybridized carbons (Fsp3) is 0.758. The number of cyclic esters (lactones) is 1. The number of piperazine rings is 1. The zero-order chi connectivity index (χ0) is 58.2. The second-order valence-corrected chi connectivity index (χ2v) is 27.5. The number of ether oxygens (including phenoxy) is 4. The van der Waals surface area contributed by atoms with Crippen molar-refractivity contribution in [2.75, 3.05) is 110 Å². The van der Waals surface area contributed by atoms with Gasteiger partial charge in [0.25, 0.3) is 5.91 Å². The number of carbonyl (C=O) groups is 4. The number of rotatable bonds is 11. The smallest absolute Gasteiger partial charge is 0.406 e. The predicted octanol–water partition coefficient (Wildman–Crippen LogP) is 4.74. The van der Waals surface area contributed by atoms with Crippen molar-refractivity contribution in [1.29, 1.82) is 0 Å². The van der Waals surface area contributed by atoms with Gasteiger partial charge >= 0.3 is 12.1 Å². The molecule has 2 saturated carbocycles. The van der Waals surface area contributed by atoms with Crippen molar-refractivity contribution in [3.05, 3.63) is 35.2 Å². The lowest BCUT2D eigenvalue weighted by Crippen LogP contribution is -2.62. The molecule has 11 aliphatic rings. The van der Waals surface area contributed by atoms with Crippen LogP contribution in [-0.4, -0.2) is 225 Å². The minimum atomic E-state index is -4.59. The molecule has 9 fully saturated rings. The number of methoxy groups -OCH3 is 1. The van der Waals surface area contributed by atoms with Gasteiger partial charge in [0.05, 0.1) is 56.1 Å². The van der Waals surface area contributed by atoms with Gasteiger partial charge in [0, 0.05) is 136 Å². The number of aromatic nitrogens is 1. The summed E-state index contributed by atoms with van der Waals surface area (Å²) in [6.07, 6.45) is 6.14. The molecule has 9 aliphatic heterocycles. The highest BCUT2D eigenvalue weighted by Gasteiger charge is 2.55. The van der Waals surface area contributed by atoms with Crippen molar-refractivity contribution < 1.29 is 51.3 Å². The molecule has 84 heavy (non-hydrogen) atoms. The van der Waals surface area contributed by atoms with E-state index in [0.29, 0.717) is 117 Å². The number of carbonyl (C=O) groups excluding carboxylic acids is 4. The van der Waals surface area contributed by atoms with Gasteiger partial charge in [-0.25, -0.2) is 5.43 Å². The van der Waals surface area contributed by atoms with Gasteiger partial charge in [-0.15, -0.1) is 0 Å². The number of halogens is 3. The number of nitrogens with zero attached hydrogens (tertiary/aromatic N) is 8. The Morgan fingerprint density at radius 3 is 2.55 bits per heavy atom. The van der Waals surface area contributed by atoms with Crippen LogP contribution >= 0.6 is 0 Å². The molecule has 2 aliphatic carbocycles. The number of nitrogens with one attached hydrogen (secondary N) is 3. The van der Waals surface area contributed by atoms with Crippen molar-refractivity contribution >= 4 is 52.1 Å². The number of esters is 1. The molecular formula is C62H88F3N11O8. The zero-order valence-electron chi connectivity index (χ0n) is 49.6. The summed E-state index contributed by atoms with van der Waals surface area (Å²) in [5, 5.41) is 8.93. The van der Waals surface area contributed by atoms with Crippen molar-refractivity contribution in [2.24, 2.45) is 27.7 Å². The number of hydrogen-bond donors (Lipinski definition) is 3. The molecule has 13 rings (SSSR count). The molecule has 22 heteroatoms. The summed E-state index contributed by atoms with van der Waals surface area (Å²) >= 11 is 0. The van der Waals surface area contributed by atoms with Crippen molar-refractivity contribution in [2.45, 2.75) is 171 Å². The summed E-state index contributed by atoms with van der Waals surface area (Å²) in [6, 6.07) is 3.65. The largest absolute Gasteiger partial charge is 0.464 e. The van der Waals surface area contributed by atoms with Crippen LogP contribution < -0.4 is 21.0 Å². The summed E-state index contributed by atoms with van der Waals surface area (Å²) in [4.78, 5) is 75.0. The van der Waals surface area contributed by atoms with Crippen LogP contribution in [-0.2, 0) is 51.1 Å². The SMILES string of the molecule is CO[C@@H](C)C1=C(c2c3c4cc(ccc4n2CC(F)(F)F)N2CCO[C@@H](C[C@H](NC(=O)[C@H](C4CCCC4)N4CC[C@]5(CCN(C(=O)[C@@H]6N[C@@H]6C6CC6)C5)C4)C(=O)N4CCC[C@H](N4)C(=O)OCC(C)(C)C3)C2)C[C@@H](N2CCN3CCOC[C@@H]3C2)C=N1. The van der Waals surface area contributed by atoms with Gasteiger partial charge in [-0.1, -0.05) is 26.7 Å². The van der Waals surface area contributed by atoms with Crippen LogP contribution in [0, 0.1) is 22.7 Å². The maximum Gasteiger partial charge on any atom is 0.406 e. The monoisotopic (exact) mass is 1170 g/mol. The maximum atomic E-state index is 15.3. The van der Waals surface area contributed by atoms with E-state index in [2.05, 4.69) is 40.6 Å². The zero-order valence-corrected chi connectivity index (χ0v) is 49.6. The highest BCUT2D eigenvalue weighted by Crippen LogP contribution is 2.47. The highest BCUT2D eigenvalue weighted by atomic mass is 19.4. The molecule has 0 unspecified atom stereocenters. The summed E-state index contributed by atoms with van der Waals surface area (Å²) in [5.74, 6) is -0.112. The molecule has 7 saturated heterocycles. The van der Waals surface area contributed by atoms with Gasteiger partial charge in [-0.05, 0) is 113 Å². The van der Waals surface area contributed by atoms with Gasteiger partial charge in [0.2, 0.25) is 11.8 Å². The molecule has 1 aromatic heterocycles. The van der Waals surface area contributed by atoms with Gasteiger partial charge in [-0.2, -0.15) is 13.2 Å². The highest BCUT2D eigenvalue weighted by molar-refractivity contribution is 5.95. The lowest BCUT2D eigenvalue weighted by atomic mass is 9.83. The number of morpholine rings is 2. The number of fused-ring (bicyclic) bond motifs is 7. The normalized spacial score (nSPS) is 32.9. The van der Waals surface area contributed by atoms with E-state index in [1.807, 2.05) is 39.1 Å². The number of hydrogen-bond acceptors (Lipinski definition) is 15. The maximum absolute atomic E-state index is 15.3. The first-order valence-electron chi connectivity index (χ1n) is 31.7. The van der Waals surface area contributed by atoms with E-state index in [0.717, 1.165) is 83.5 Å². The number of anilines is 1. The Balaban J connectivity index is 0.820. The first-order valence-corrected chi connectivity index (χ1v) is 31.7. The minimum absolute atomic E-state index is 0.0466. The molecule has 10 atom stereocenters. The third kappa shape index (κ3) is 12.1. The van der Waals surface area contributed by atoms with Crippen LogP contribution in [0.15, 0.2) is 28.9 Å². The molecule has 0 radical (unpaired) electrons. The summed E-state index contributed by atoms with van der Waals surface area (Å²) < 4.78 is 72.0. The van der Waals surface area contributed by atoms with Crippen LogP contribution in [0.1, 0.15) is 109 Å². The van der Waals surface area contributed by atoms with E-state index in [1.165, 1.54) is 22.4 Å². The molecule has 10 heterocycles. The molecular weight excluding hydrogens is 1080 g/mol. The molecule has 1 aromatic carbocycles. The summed E-state index contributed by atoms with van der Waals surface area (Å²) in [7, 11) is 1.59. The topological polar surface area (TPSA) is 188 Å². The summed E-state index contributed by atoms with van der Waals surface area (Å²) in [5.41, 5.74) is 6.03. The molecule has 6 bridgehead atoms. The Bertz CT molecular complexity index is 2890. The lowest BCUT2D eigenvalue weighted by molar-refractivity contribution is -0.156. The van der Waals surface area contributed by atoms with Gasteiger partial charge in [-0.3, -0.25) is 49.2 Å². The molecule has 460 valence electrons. The second kappa shape index (κ2) is 23.4. The van der Waals surface area contributed by atoms with E-state index < -0.39 is 54.4 Å². The van der Waals surface area contributed by atoms with Crippen molar-refractivity contribution in [3.8, 4) is 0 Å². The van der Waals surface area contributed by atoms with E-state index in [-0.39, 0.29) is 66.6 Å². The van der Waals surface area contributed by atoms with Gasteiger partial charge in [0.1, 0.15) is 24.7 Å². The number of hydrazine groups is 1. The summed E-state index contributed by atoms with van der Waals surface area (Å²) in [6.45, 7) is 13.5. The van der Waals surface area contributed by atoms with E-state index >= 15 is 22.8 Å². The Morgan fingerprint density at radius 2 is 1.75 bits per heavy atom. The van der Waals surface area contributed by atoms with E-state index in [9.17, 15) is 9.59 Å². The van der Waals surface area contributed by atoms with E-state index in [1.54, 1.807) is 13.2 Å². The first kappa shape index (κ1) is 58.3. The van der Waals surface area contributed by atoms with Crippen molar-refractivity contribution in [1.82, 2.24) is 45.2 Å². The van der Waals surface area contributed by atoms with Crippen LogP contribution in [0.25, 0.3) is 16.5 Å². The van der Waals surface area contributed by atoms with E-state index in [4.69, 9.17) is 23.9 Å². The van der Waals surface area contributed by atoms with Crippen molar-refractivity contribution in [3.63, 3.8) is 0 Å². The fourth-order valence-corrected chi connectivity index (χ4v) is 16.2. The molecule has 3 N–H and O–H groups in total. The van der Waals surface area contributed by atoms with Gasteiger partial charge < -0.3 is 38.6 Å². The van der Waals surface area contributed by atoms with Crippen LogP contribution in [0.4, 0.5) is 18.9 Å². The molecule has 19 nitrogen and oxygen atoms in total. The predicted molar refractivity (Wildman–Crippen MR) is 310 cm³/mol. The Kier molecular flexibility index (Phi) is 16.3.